The minimum atomic E-state index is -0.214. The summed E-state index contributed by atoms with van der Waals surface area (Å²) in [6.45, 7) is 3.21. The molecule has 0 aliphatic carbocycles. The first kappa shape index (κ1) is 19.4. The van der Waals surface area contributed by atoms with E-state index in [1.165, 1.54) is 28.7 Å². The second-order valence-corrected chi connectivity index (χ2v) is 8.72. The van der Waals surface area contributed by atoms with Crippen molar-refractivity contribution in [1.29, 1.82) is 0 Å². The fourth-order valence-electron chi connectivity index (χ4n) is 2.55. The number of hydrogen-bond donors (Lipinski definition) is 1. The Hall–Kier alpha value is -2.38. The van der Waals surface area contributed by atoms with E-state index in [0.29, 0.717) is 13.1 Å². The average molecular weight is 399 g/mol. The Morgan fingerprint density at radius 2 is 1.70 bits per heavy atom. The van der Waals surface area contributed by atoms with E-state index in [2.05, 4.69) is 27.6 Å². The summed E-state index contributed by atoms with van der Waals surface area (Å²) < 4.78 is 0.791. The van der Waals surface area contributed by atoms with Crippen LogP contribution in [0.2, 0.25) is 0 Å². The molecule has 1 unspecified atom stereocenters. The molecule has 1 aromatic heterocycles. The van der Waals surface area contributed by atoms with Gasteiger partial charge in [-0.1, -0.05) is 83.8 Å². The number of nitrogens with zero attached hydrogens (tertiary/aromatic N) is 3. The minimum Gasteiger partial charge on any atom is -0.356 e. The summed E-state index contributed by atoms with van der Waals surface area (Å²) in [4.78, 5) is 14.4. The van der Waals surface area contributed by atoms with E-state index < -0.39 is 0 Å². The monoisotopic (exact) mass is 398 g/mol. The van der Waals surface area contributed by atoms with E-state index in [-0.39, 0.29) is 11.2 Å². The molecule has 1 amide bonds. The highest BCUT2D eigenvalue weighted by Crippen LogP contribution is 2.30. The summed E-state index contributed by atoms with van der Waals surface area (Å²) in [5, 5.41) is 12.2. The van der Waals surface area contributed by atoms with Crippen LogP contribution in [0.5, 0.6) is 0 Å². The Kier molecular flexibility index (Phi) is 6.84. The molecule has 7 heteroatoms. The van der Waals surface area contributed by atoms with Crippen LogP contribution in [0, 0.1) is 0 Å². The number of carbonyl (C=O) groups excluding carboxylic acids is 1. The maximum atomic E-state index is 12.6. The minimum absolute atomic E-state index is 0.0813. The van der Waals surface area contributed by atoms with Crippen molar-refractivity contribution in [3.63, 3.8) is 0 Å². The van der Waals surface area contributed by atoms with Crippen LogP contribution in [0.15, 0.2) is 65.0 Å². The maximum absolute atomic E-state index is 12.6. The third-order valence-electron chi connectivity index (χ3n) is 3.96. The van der Waals surface area contributed by atoms with Gasteiger partial charge in [0.2, 0.25) is 11.0 Å². The van der Waals surface area contributed by atoms with Crippen LogP contribution in [0.25, 0.3) is 0 Å². The number of thioether (sulfide) groups is 1. The van der Waals surface area contributed by atoms with Gasteiger partial charge >= 0.3 is 0 Å². The number of nitrogens with one attached hydrogen (secondary N) is 1. The summed E-state index contributed by atoms with van der Waals surface area (Å²) in [6, 6.07) is 20.1. The molecule has 0 saturated carbocycles. The molecule has 2 aromatic carbocycles. The number of carbonyl (C=O) groups is 1. The zero-order valence-corrected chi connectivity index (χ0v) is 17.0. The van der Waals surface area contributed by atoms with E-state index >= 15 is 0 Å². The molecule has 0 saturated heterocycles. The van der Waals surface area contributed by atoms with Crippen LogP contribution in [0.1, 0.15) is 18.1 Å². The molecule has 0 spiro atoms. The molecular formula is C20H22N4OS2. The SMILES string of the molecule is CC(Sc1nnc(NCc2ccccc2)s1)C(=O)N(C)Cc1ccccc1. The zero-order chi connectivity index (χ0) is 19.1. The second kappa shape index (κ2) is 9.53. The fraction of sp³-hybridized carbons (Fsp3) is 0.250. The summed E-state index contributed by atoms with van der Waals surface area (Å²) >= 11 is 2.92. The lowest BCUT2D eigenvalue weighted by atomic mass is 10.2. The standard InChI is InChI=1S/C20H22N4OS2/c1-15(18(25)24(2)14-17-11-7-4-8-12-17)26-20-23-22-19(27-20)21-13-16-9-5-3-6-10-16/h3-12,15H,13-14H2,1-2H3,(H,21,22). The second-order valence-electron chi connectivity index (χ2n) is 6.15. The first-order valence-corrected chi connectivity index (χ1v) is 10.4. The first-order chi connectivity index (χ1) is 13.1. The third-order valence-corrected chi connectivity index (χ3v) is 6.01. The van der Waals surface area contributed by atoms with Crippen molar-refractivity contribution in [1.82, 2.24) is 15.1 Å². The van der Waals surface area contributed by atoms with Gasteiger partial charge in [0.1, 0.15) is 0 Å². The van der Waals surface area contributed by atoms with Gasteiger partial charge < -0.3 is 10.2 Å². The van der Waals surface area contributed by atoms with Crippen molar-refractivity contribution >= 4 is 34.1 Å². The van der Waals surface area contributed by atoms with E-state index in [0.717, 1.165) is 15.0 Å². The highest BCUT2D eigenvalue weighted by atomic mass is 32.2. The Balaban J connectivity index is 1.50. The molecular weight excluding hydrogens is 376 g/mol. The molecule has 0 bridgehead atoms. The van der Waals surface area contributed by atoms with E-state index in [1.807, 2.05) is 62.5 Å². The van der Waals surface area contributed by atoms with Crippen LogP contribution < -0.4 is 5.32 Å². The molecule has 5 nitrogen and oxygen atoms in total. The smallest absolute Gasteiger partial charge is 0.235 e. The zero-order valence-electron chi connectivity index (χ0n) is 15.3. The number of benzene rings is 2. The molecule has 0 aliphatic heterocycles. The van der Waals surface area contributed by atoms with Crippen LogP contribution in [0.3, 0.4) is 0 Å². The van der Waals surface area contributed by atoms with Gasteiger partial charge in [-0.3, -0.25) is 4.79 Å². The molecule has 27 heavy (non-hydrogen) atoms. The topological polar surface area (TPSA) is 58.1 Å². The molecule has 1 heterocycles. The Morgan fingerprint density at radius 1 is 1.07 bits per heavy atom. The Bertz CT molecular complexity index is 855. The van der Waals surface area contributed by atoms with Crippen molar-refractivity contribution in [3.05, 3.63) is 71.8 Å². The van der Waals surface area contributed by atoms with E-state index in [4.69, 9.17) is 0 Å². The Labute approximate surface area is 167 Å². The quantitative estimate of drug-likeness (QED) is 0.574. The summed E-state index contributed by atoms with van der Waals surface area (Å²) in [5.74, 6) is 0.0813. The number of rotatable bonds is 8. The van der Waals surface area contributed by atoms with Crippen molar-refractivity contribution in [2.24, 2.45) is 0 Å². The molecule has 0 radical (unpaired) electrons. The molecule has 0 fully saturated rings. The van der Waals surface area contributed by atoms with Gasteiger partial charge in [0, 0.05) is 20.1 Å². The van der Waals surface area contributed by atoms with Gasteiger partial charge in [0.05, 0.1) is 5.25 Å². The predicted octanol–water partition coefficient (Wildman–Crippen LogP) is 4.29. The van der Waals surface area contributed by atoms with Crippen LogP contribution in [-0.4, -0.2) is 33.3 Å². The summed E-state index contributed by atoms with van der Waals surface area (Å²) in [7, 11) is 1.83. The van der Waals surface area contributed by atoms with Gasteiger partial charge in [-0.05, 0) is 18.1 Å². The molecule has 0 aliphatic rings. The fourth-order valence-corrected chi connectivity index (χ4v) is 4.56. The number of aromatic nitrogens is 2. The van der Waals surface area contributed by atoms with Gasteiger partial charge in [-0.25, -0.2) is 0 Å². The lowest BCUT2D eigenvalue weighted by Crippen LogP contribution is -2.32. The largest absolute Gasteiger partial charge is 0.356 e. The molecule has 1 atom stereocenters. The lowest BCUT2D eigenvalue weighted by molar-refractivity contribution is -0.129. The van der Waals surface area contributed by atoms with Gasteiger partial charge in [0.15, 0.2) is 4.34 Å². The molecule has 3 rings (SSSR count). The van der Waals surface area contributed by atoms with Gasteiger partial charge in [0.25, 0.3) is 0 Å². The van der Waals surface area contributed by atoms with Crippen molar-refractivity contribution < 1.29 is 4.79 Å². The van der Waals surface area contributed by atoms with Gasteiger partial charge in [-0.2, -0.15) is 0 Å². The lowest BCUT2D eigenvalue weighted by Gasteiger charge is -2.20. The van der Waals surface area contributed by atoms with Crippen LogP contribution >= 0.6 is 23.1 Å². The molecule has 1 N–H and O–H groups in total. The third kappa shape index (κ3) is 5.80. The molecule has 3 aromatic rings. The van der Waals surface area contributed by atoms with Crippen molar-refractivity contribution in [3.8, 4) is 0 Å². The van der Waals surface area contributed by atoms with Gasteiger partial charge in [-0.15, -0.1) is 10.2 Å². The molecule has 140 valence electrons. The van der Waals surface area contributed by atoms with E-state index in [1.54, 1.807) is 4.90 Å². The normalized spacial score (nSPS) is 11.8. The predicted molar refractivity (Wildman–Crippen MR) is 112 cm³/mol. The van der Waals surface area contributed by atoms with Crippen molar-refractivity contribution in [2.45, 2.75) is 29.6 Å². The average Bonchev–Trinajstić information content (AvgIpc) is 3.14. The van der Waals surface area contributed by atoms with E-state index in [9.17, 15) is 4.79 Å². The number of hydrogen-bond acceptors (Lipinski definition) is 6. The summed E-state index contributed by atoms with van der Waals surface area (Å²) in [6.07, 6.45) is 0. The maximum Gasteiger partial charge on any atom is 0.235 e. The van der Waals surface area contributed by atoms with Crippen LogP contribution in [-0.2, 0) is 17.9 Å². The highest BCUT2D eigenvalue weighted by Gasteiger charge is 2.20. The van der Waals surface area contributed by atoms with Crippen molar-refractivity contribution in [2.75, 3.05) is 12.4 Å². The highest BCUT2D eigenvalue weighted by molar-refractivity contribution is 8.02. The number of anilines is 1. The van der Waals surface area contributed by atoms with Crippen LogP contribution in [0.4, 0.5) is 5.13 Å². The summed E-state index contributed by atoms with van der Waals surface area (Å²) in [5.41, 5.74) is 2.31. The first-order valence-electron chi connectivity index (χ1n) is 8.68. The number of amides is 1. The Morgan fingerprint density at radius 3 is 2.37 bits per heavy atom.